The topological polar surface area (TPSA) is 82.3 Å². The Hall–Kier alpha value is -2.31. The van der Waals surface area contributed by atoms with Crippen LogP contribution in [0.2, 0.25) is 0 Å². The van der Waals surface area contributed by atoms with E-state index in [4.69, 9.17) is 9.41 Å². The SMILES string of the molecule is CCCC1(C)CCCN(C(=NCCc2nc(-c3ccco3)n[nH]2)NCC)C1. The third-order valence-electron chi connectivity index (χ3n) is 5.15. The zero-order chi connectivity index (χ0) is 19.1. The second-order valence-corrected chi connectivity index (χ2v) is 7.65. The van der Waals surface area contributed by atoms with E-state index >= 15 is 0 Å². The van der Waals surface area contributed by atoms with Crippen molar-refractivity contribution in [2.24, 2.45) is 10.4 Å². The number of likely N-dealkylation sites (tertiary alicyclic amines) is 1. The number of aromatic amines is 1. The molecule has 1 aliphatic heterocycles. The molecule has 1 saturated heterocycles. The van der Waals surface area contributed by atoms with Crippen molar-refractivity contribution in [1.29, 1.82) is 0 Å². The number of hydrogen-bond donors (Lipinski definition) is 2. The first kappa shape index (κ1) is 19.5. The number of nitrogens with zero attached hydrogens (tertiary/aromatic N) is 4. The molecule has 2 aromatic heterocycles. The summed E-state index contributed by atoms with van der Waals surface area (Å²) in [5.41, 5.74) is 0.395. The van der Waals surface area contributed by atoms with Crippen LogP contribution in [0.1, 0.15) is 52.3 Å². The molecule has 0 saturated carbocycles. The second kappa shape index (κ2) is 9.06. The van der Waals surface area contributed by atoms with Crippen LogP contribution in [-0.4, -0.2) is 52.2 Å². The lowest BCUT2D eigenvalue weighted by atomic mass is 9.78. The number of furan rings is 1. The fraction of sp³-hybridized carbons (Fsp3) is 0.650. The van der Waals surface area contributed by atoms with Crippen molar-refractivity contribution < 1.29 is 4.42 Å². The van der Waals surface area contributed by atoms with Gasteiger partial charge in [0.25, 0.3) is 0 Å². The summed E-state index contributed by atoms with van der Waals surface area (Å²) in [7, 11) is 0. The van der Waals surface area contributed by atoms with Gasteiger partial charge in [-0.05, 0) is 43.7 Å². The van der Waals surface area contributed by atoms with Crippen LogP contribution >= 0.6 is 0 Å². The Balaban J connectivity index is 1.60. The fourth-order valence-electron chi connectivity index (χ4n) is 3.92. The quantitative estimate of drug-likeness (QED) is 0.574. The van der Waals surface area contributed by atoms with Gasteiger partial charge in [0.2, 0.25) is 5.82 Å². The Morgan fingerprint density at radius 1 is 1.44 bits per heavy atom. The fourth-order valence-corrected chi connectivity index (χ4v) is 3.92. The molecule has 27 heavy (non-hydrogen) atoms. The molecule has 3 heterocycles. The van der Waals surface area contributed by atoms with E-state index in [1.165, 1.54) is 25.7 Å². The van der Waals surface area contributed by atoms with E-state index in [0.717, 1.165) is 37.8 Å². The van der Waals surface area contributed by atoms with Gasteiger partial charge in [-0.1, -0.05) is 20.3 Å². The number of piperidine rings is 1. The Labute approximate surface area is 161 Å². The summed E-state index contributed by atoms with van der Waals surface area (Å²) in [4.78, 5) is 11.8. The maximum Gasteiger partial charge on any atom is 0.216 e. The first-order valence-corrected chi connectivity index (χ1v) is 10.1. The number of aliphatic imine (C=N–C) groups is 1. The molecule has 0 bridgehead atoms. The third kappa shape index (κ3) is 5.11. The predicted molar refractivity (Wildman–Crippen MR) is 108 cm³/mol. The molecule has 1 atom stereocenters. The van der Waals surface area contributed by atoms with Crippen molar-refractivity contribution in [2.45, 2.75) is 52.9 Å². The van der Waals surface area contributed by atoms with E-state index < -0.39 is 0 Å². The van der Waals surface area contributed by atoms with Gasteiger partial charge in [-0.2, -0.15) is 5.10 Å². The minimum absolute atomic E-state index is 0.395. The molecule has 2 N–H and O–H groups in total. The van der Waals surface area contributed by atoms with Crippen molar-refractivity contribution in [3.8, 4) is 11.6 Å². The molecule has 7 heteroatoms. The third-order valence-corrected chi connectivity index (χ3v) is 5.15. The number of guanidine groups is 1. The van der Waals surface area contributed by atoms with Crippen molar-refractivity contribution >= 4 is 5.96 Å². The summed E-state index contributed by atoms with van der Waals surface area (Å²) in [6, 6.07) is 3.70. The van der Waals surface area contributed by atoms with E-state index in [9.17, 15) is 0 Å². The average Bonchev–Trinajstić information content (AvgIpc) is 3.32. The molecule has 1 unspecified atom stereocenters. The van der Waals surface area contributed by atoms with Crippen molar-refractivity contribution in [3.05, 3.63) is 24.2 Å². The van der Waals surface area contributed by atoms with Crippen LogP contribution in [-0.2, 0) is 6.42 Å². The van der Waals surface area contributed by atoms with Gasteiger partial charge in [0.15, 0.2) is 11.7 Å². The number of nitrogens with one attached hydrogen (secondary N) is 2. The lowest BCUT2D eigenvalue weighted by molar-refractivity contribution is 0.142. The lowest BCUT2D eigenvalue weighted by Gasteiger charge is -2.42. The summed E-state index contributed by atoms with van der Waals surface area (Å²) >= 11 is 0. The van der Waals surface area contributed by atoms with Crippen molar-refractivity contribution in [2.75, 3.05) is 26.2 Å². The second-order valence-electron chi connectivity index (χ2n) is 7.65. The molecule has 1 aliphatic rings. The minimum Gasteiger partial charge on any atom is -0.461 e. The van der Waals surface area contributed by atoms with E-state index in [2.05, 4.69) is 46.2 Å². The maximum atomic E-state index is 5.34. The zero-order valence-electron chi connectivity index (χ0n) is 16.8. The average molecular weight is 373 g/mol. The Kier molecular flexibility index (Phi) is 6.53. The van der Waals surface area contributed by atoms with Crippen LogP contribution in [0, 0.1) is 5.41 Å². The van der Waals surface area contributed by atoms with Gasteiger partial charge < -0.3 is 14.6 Å². The van der Waals surface area contributed by atoms with Gasteiger partial charge in [-0.15, -0.1) is 0 Å². The highest BCUT2D eigenvalue weighted by Crippen LogP contribution is 2.33. The Bertz CT molecular complexity index is 719. The molecule has 1 fully saturated rings. The molecular weight excluding hydrogens is 340 g/mol. The first-order valence-electron chi connectivity index (χ1n) is 10.1. The van der Waals surface area contributed by atoms with Crippen molar-refractivity contribution in [3.63, 3.8) is 0 Å². The van der Waals surface area contributed by atoms with Crippen LogP contribution in [0.5, 0.6) is 0 Å². The highest BCUT2D eigenvalue weighted by Gasteiger charge is 2.31. The summed E-state index contributed by atoms with van der Waals surface area (Å²) in [6.45, 7) is 10.5. The number of H-pyrrole nitrogens is 1. The standard InChI is InChI=1S/C20H32N6O/c1-4-10-20(3)11-7-13-26(15-20)19(21-5-2)22-12-9-17-23-18(25-24-17)16-8-6-14-27-16/h6,8,14H,4-5,7,9-13,15H2,1-3H3,(H,21,22)(H,23,24,25). The summed E-state index contributed by atoms with van der Waals surface area (Å²) in [5.74, 6) is 3.12. The molecule has 2 aromatic rings. The molecule has 7 nitrogen and oxygen atoms in total. The monoisotopic (exact) mass is 372 g/mol. The van der Waals surface area contributed by atoms with Gasteiger partial charge in [-0.3, -0.25) is 10.1 Å². The van der Waals surface area contributed by atoms with Gasteiger partial charge in [0, 0.05) is 32.6 Å². The molecule has 0 amide bonds. The van der Waals surface area contributed by atoms with Gasteiger partial charge in [-0.25, -0.2) is 4.98 Å². The molecule has 0 aromatic carbocycles. The molecule has 0 radical (unpaired) electrons. The highest BCUT2D eigenvalue weighted by atomic mass is 16.3. The number of rotatable bonds is 7. The largest absolute Gasteiger partial charge is 0.461 e. The highest BCUT2D eigenvalue weighted by molar-refractivity contribution is 5.80. The number of hydrogen-bond acceptors (Lipinski definition) is 4. The summed E-state index contributed by atoms with van der Waals surface area (Å²) < 4.78 is 5.34. The normalized spacial score (nSPS) is 20.9. The van der Waals surface area contributed by atoms with Crippen LogP contribution in [0.25, 0.3) is 11.6 Å². The maximum absolute atomic E-state index is 5.34. The smallest absolute Gasteiger partial charge is 0.216 e. The summed E-state index contributed by atoms with van der Waals surface area (Å²) in [6.07, 6.45) is 7.41. The molecular formula is C20H32N6O. The molecule has 0 spiro atoms. The van der Waals surface area contributed by atoms with E-state index in [-0.39, 0.29) is 0 Å². The van der Waals surface area contributed by atoms with Crippen LogP contribution < -0.4 is 5.32 Å². The zero-order valence-corrected chi connectivity index (χ0v) is 16.8. The molecule has 148 valence electrons. The number of aromatic nitrogens is 3. The van der Waals surface area contributed by atoms with E-state index in [0.29, 0.717) is 23.5 Å². The lowest BCUT2D eigenvalue weighted by Crippen LogP contribution is -2.49. The van der Waals surface area contributed by atoms with Gasteiger partial charge >= 0.3 is 0 Å². The molecule has 0 aliphatic carbocycles. The molecule has 3 rings (SSSR count). The van der Waals surface area contributed by atoms with Gasteiger partial charge in [0.05, 0.1) is 6.26 Å². The summed E-state index contributed by atoms with van der Waals surface area (Å²) in [5, 5.41) is 10.7. The van der Waals surface area contributed by atoms with E-state index in [1.807, 2.05) is 12.1 Å². The van der Waals surface area contributed by atoms with Crippen molar-refractivity contribution in [1.82, 2.24) is 25.4 Å². The predicted octanol–water partition coefficient (Wildman–Crippen LogP) is 3.47. The first-order chi connectivity index (χ1) is 13.1. The van der Waals surface area contributed by atoms with E-state index in [1.54, 1.807) is 6.26 Å². The minimum atomic E-state index is 0.395. The van der Waals surface area contributed by atoms with Gasteiger partial charge in [0.1, 0.15) is 5.82 Å². The Morgan fingerprint density at radius 2 is 2.33 bits per heavy atom. The van der Waals surface area contributed by atoms with Crippen LogP contribution in [0.4, 0.5) is 0 Å². The van der Waals surface area contributed by atoms with Crippen LogP contribution in [0.3, 0.4) is 0 Å². The van der Waals surface area contributed by atoms with Crippen LogP contribution in [0.15, 0.2) is 27.8 Å². The Morgan fingerprint density at radius 3 is 3.07 bits per heavy atom.